The Morgan fingerprint density at radius 1 is 1.29 bits per heavy atom. The minimum absolute atomic E-state index is 0.281. The van der Waals surface area contributed by atoms with Gasteiger partial charge in [0, 0.05) is 25.0 Å². The number of fused-ring (bicyclic) bond motifs is 1. The van der Waals surface area contributed by atoms with Gasteiger partial charge < -0.3 is 10.2 Å². The second kappa shape index (κ2) is 5.85. The normalized spacial score (nSPS) is 27.8. The van der Waals surface area contributed by atoms with Gasteiger partial charge in [-0.1, -0.05) is 26.7 Å². The minimum atomic E-state index is 0.281. The Balaban J connectivity index is 1.90. The second-order valence-corrected chi connectivity index (χ2v) is 5.63. The Bertz CT molecular complexity index is 249. The lowest BCUT2D eigenvalue weighted by Gasteiger charge is -2.23. The molecule has 2 aliphatic rings. The van der Waals surface area contributed by atoms with Gasteiger partial charge in [-0.2, -0.15) is 0 Å². The van der Waals surface area contributed by atoms with Crippen LogP contribution in [0, 0.1) is 11.8 Å². The van der Waals surface area contributed by atoms with Gasteiger partial charge >= 0.3 is 0 Å². The van der Waals surface area contributed by atoms with E-state index in [4.69, 9.17) is 0 Å². The van der Waals surface area contributed by atoms with Crippen LogP contribution in [-0.2, 0) is 4.79 Å². The summed E-state index contributed by atoms with van der Waals surface area (Å²) < 4.78 is 0. The number of rotatable bonds is 5. The molecule has 0 aromatic carbocycles. The van der Waals surface area contributed by atoms with Crippen LogP contribution in [0.4, 0.5) is 0 Å². The monoisotopic (exact) mass is 238 g/mol. The molecule has 0 aliphatic carbocycles. The molecule has 3 nitrogen and oxygen atoms in total. The van der Waals surface area contributed by atoms with Gasteiger partial charge in [0.1, 0.15) is 0 Å². The molecule has 0 radical (unpaired) electrons. The Kier molecular flexibility index (Phi) is 4.43. The summed E-state index contributed by atoms with van der Waals surface area (Å²) in [5.41, 5.74) is 0. The first-order valence-corrected chi connectivity index (χ1v) is 7.28. The zero-order chi connectivity index (χ0) is 12.3. The molecule has 0 spiro atoms. The van der Waals surface area contributed by atoms with Crippen LogP contribution in [0.3, 0.4) is 0 Å². The number of carbonyl (C=O) groups excluding carboxylic acids is 1. The van der Waals surface area contributed by atoms with Crippen LogP contribution in [0.5, 0.6) is 0 Å². The van der Waals surface area contributed by atoms with E-state index < -0.39 is 0 Å². The zero-order valence-electron chi connectivity index (χ0n) is 11.2. The van der Waals surface area contributed by atoms with Gasteiger partial charge in [-0.15, -0.1) is 0 Å². The van der Waals surface area contributed by atoms with Crippen molar-refractivity contribution in [3.05, 3.63) is 0 Å². The van der Waals surface area contributed by atoms with Crippen LogP contribution in [0.1, 0.15) is 46.0 Å². The number of hydrogen-bond donors (Lipinski definition) is 1. The quantitative estimate of drug-likeness (QED) is 0.795. The average molecular weight is 238 g/mol. The van der Waals surface area contributed by atoms with Crippen molar-refractivity contribution in [2.45, 2.75) is 52.0 Å². The summed E-state index contributed by atoms with van der Waals surface area (Å²) in [6.45, 7) is 7.45. The summed E-state index contributed by atoms with van der Waals surface area (Å²) in [5, 5.41) is 3.51. The summed E-state index contributed by atoms with van der Waals surface area (Å²) in [5.74, 6) is 1.43. The molecule has 2 saturated heterocycles. The third-order valence-electron chi connectivity index (χ3n) is 4.30. The van der Waals surface area contributed by atoms with E-state index >= 15 is 0 Å². The smallest absolute Gasteiger partial charge is 0.225 e. The molecule has 1 N–H and O–H groups in total. The molecule has 17 heavy (non-hydrogen) atoms. The Morgan fingerprint density at radius 3 is 2.59 bits per heavy atom. The fourth-order valence-electron chi connectivity index (χ4n) is 3.38. The first kappa shape index (κ1) is 12.9. The van der Waals surface area contributed by atoms with Crippen LogP contribution in [0.2, 0.25) is 0 Å². The average Bonchev–Trinajstić information content (AvgIpc) is 2.87. The van der Waals surface area contributed by atoms with Gasteiger partial charge in [0.15, 0.2) is 0 Å². The highest BCUT2D eigenvalue weighted by molar-refractivity contribution is 5.79. The number of nitrogens with zero attached hydrogens (tertiary/aromatic N) is 1. The molecular formula is C14H26N2O. The molecule has 0 aromatic rings. The van der Waals surface area contributed by atoms with E-state index in [1.807, 2.05) is 0 Å². The minimum Gasteiger partial charge on any atom is -0.341 e. The number of nitrogens with one attached hydrogen (secondary N) is 1. The molecule has 0 bridgehead atoms. The maximum Gasteiger partial charge on any atom is 0.225 e. The highest BCUT2D eigenvalue weighted by Crippen LogP contribution is 2.27. The predicted octanol–water partition coefficient (Wildman–Crippen LogP) is 2.02. The molecule has 2 rings (SSSR count). The van der Waals surface area contributed by atoms with Gasteiger partial charge in [0.2, 0.25) is 5.91 Å². The molecule has 0 unspecified atom stereocenters. The molecule has 0 aromatic heterocycles. The number of amides is 1. The van der Waals surface area contributed by atoms with Gasteiger partial charge in [-0.05, 0) is 31.7 Å². The van der Waals surface area contributed by atoms with Crippen molar-refractivity contribution >= 4 is 5.91 Å². The number of likely N-dealkylation sites (tertiary alicyclic amines) is 1. The van der Waals surface area contributed by atoms with Crippen molar-refractivity contribution in [3.8, 4) is 0 Å². The highest BCUT2D eigenvalue weighted by Gasteiger charge is 2.39. The van der Waals surface area contributed by atoms with E-state index in [2.05, 4.69) is 24.1 Å². The fourth-order valence-corrected chi connectivity index (χ4v) is 3.38. The topological polar surface area (TPSA) is 32.3 Å². The zero-order valence-corrected chi connectivity index (χ0v) is 11.2. The van der Waals surface area contributed by atoms with E-state index in [0.29, 0.717) is 11.9 Å². The first-order valence-electron chi connectivity index (χ1n) is 7.28. The summed E-state index contributed by atoms with van der Waals surface area (Å²) in [4.78, 5) is 14.6. The van der Waals surface area contributed by atoms with E-state index in [1.165, 1.54) is 6.42 Å². The van der Waals surface area contributed by atoms with Gasteiger partial charge in [-0.25, -0.2) is 0 Å². The van der Waals surface area contributed by atoms with Crippen molar-refractivity contribution in [2.75, 3.05) is 19.6 Å². The summed E-state index contributed by atoms with van der Waals surface area (Å²) in [6.07, 6.45) is 5.61. The Labute approximate surface area is 105 Å². The Morgan fingerprint density at radius 2 is 2.00 bits per heavy atom. The maximum atomic E-state index is 12.5. The molecule has 2 fully saturated rings. The molecule has 3 heteroatoms. The van der Waals surface area contributed by atoms with Crippen molar-refractivity contribution in [2.24, 2.45) is 11.8 Å². The van der Waals surface area contributed by atoms with Gasteiger partial charge in [0.05, 0.1) is 0 Å². The lowest BCUT2D eigenvalue weighted by atomic mass is 9.97. The van der Waals surface area contributed by atoms with E-state index in [9.17, 15) is 4.79 Å². The third kappa shape index (κ3) is 2.82. The largest absolute Gasteiger partial charge is 0.341 e. The molecule has 2 heterocycles. The van der Waals surface area contributed by atoms with Crippen molar-refractivity contribution in [1.29, 1.82) is 0 Å². The van der Waals surface area contributed by atoms with Crippen LogP contribution < -0.4 is 5.32 Å². The molecular weight excluding hydrogens is 212 g/mol. The van der Waals surface area contributed by atoms with Crippen LogP contribution in [0.15, 0.2) is 0 Å². The Hall–Kier alpha value is -0.570. The molecule has 0 saturated carbocycles. The van der Waals surface area contributed by atoms with Crippen molar-refractivity contribution in [3.63, 3.8) is 0 Å². The summed E-state index contributed by atoms with van der Waals surface area (Å²) in [7, 11) is 0. The maximum absolute atomic E-state index is 12.5. The molecule has 1 amide bonds. The molecule has 98 valence electrons. The van der Waals surface area contributed by atoms with Crippen molar-refractivity contribution < 1.29 is 4.79 Å². The van der Waals surface area contributed by atoms with Crippen LogP contribution in [0.25, 0.3) is 0 Å². The van der Waals surface area contributed by atoms with Gasteiger partial charge in [-0.3, -0.25) is 4.79 Å². The summed E-state index contributed by atoms with van der Waals surface area (Å²) in [6, 6.07) is 0.586. The second-order valence-electron chi connectivity index (χ2n) is 5.63. The van der Waals surface area contributed by atoms with Crippen molar-refractivity contribution in [1.82, 2.24) is 10.2 Å². The van der Waals surface area contributed by atoms with Crippen LogP contribution in [-0.4, -0.2) is 36.5 Å². The predicted molar refractivity (Wildman–Crippen MR) is 69.8 cm³/mol. The van der Waals surface area contributed by atoms with E-state index in [0.717, 1.165) is 51.2 Å². The lowest BCUT2D eigenvalue weighted by Crippen LogP contribution is -2.37. The third-order valence-corrected chi connectivity index (χ3v) is 4.30. The number of hydrogen-bond acceptors (Lipinski definition) is 2. The number of carbonyl (C=O) groups is 1. The van der Waals surface area contributed by atoms with Gasteiger partial charge in [0.25, 0.3) is 0 Å². The van der Waals surface area contributed by atoms with E-state index in [-0.39, 0.29) is 5.92 Å². The molecule has 2 aliphatic heterocycles. The SMILES string of the molecule is CCCC(CCC)C(=O)N1C[C@@H]2CCN[C@@H]2C1. The molecule has 2 atom stereocenters. The fraction of sp³-hybridized carbons (Fsp3) is 0.929. The summed E-state index contributed by atoms with van der Waals surface area (Å²) >= 11 is 0. The highest BCUT2D eigenvalue weighted by atomic mass is 16.2. The standard InChI is InChI=1S/C14H26N2O/c1-3-5-11(6-4-2)14(17)16-9-12-7-8-15-13(12)10-16/h11-13,15H,3-10H2,1-2H3/t12-,13+/m0/s1. The first-order chi connectivity index (χ1) is 8.26. The lowest BCUT2D eigenvalue weighted by molar-refractivity contribution is -0.135. The van der Waals surface area contributed by atoms with E-state index in [1.54, 1.807) is 0 Å². The van der Waals surface area contributed by atoms with Crippen LogP contribution >= 0.6 is 0 Å².